The van der Waals surface area contributed by atoms with Crippen molar-refractivity contribution in [2.45, 2.75) is 39.3 Å². The topological polar surface area (TPSA) is 86.0 Å². The van der Waals surface area contributed by atoms with E-state index >= 15 is 0 Å². The van der Waals surface area contributed by atoms with Crippen LogP contribution < -0.4 is 4.74 Å². The molecule has 0 spiro atoms. The van der Waals surface area contributed by atoms with Gasteiger partial charge in [0.2, 0.25) is 11.8 Å². The van der Waals surface area contributed by atoms with E-state index in [-0.39, 0.29) is 11.9 Å². The average molecular weight is 368 g/mol. The molecule has 27 heavy (non-hydrogen) atoms. The number of carbonyl (C=O) groups is 1. The first-order valence-electron chi connectivity index (χ1n) is 8.91. The standard InChI is InChI=1S/C19H24N6O2/c1-13(2)25-12-20-23-17(25)11-24(3)18(26)10-9-16-19(27-4)22-15-8-6-5-7-14(15)21-16/h5-8,12-13H,9-11H2,1-4H3. The lowest BCUT2D eigenvalue weighted by Gasteiger charge is -2.18. The molecule has 2 aromatic heterocycles. The number of nitrogens with zero attached hydrogens (tertiary/aromatic N) is 6. The largest absolute Gasteiger partial charge is 0.480 e. The highest BCUT2D eigenvalue weighted by atomic mass is 16.5. The van der Waals surface area contributed by atoms with Crippen LogP contribution in [0, 0.1) is 0 Å². The number of amides is 1. The van der Waals surface area contributed by atoms with Crippen molar-refractivity contribution < 1.29 is 9.53 Å². The second-order valence-corrected chi connectivity index (χ2v) is 6.67. The van der Waals surface area contributed by atoms with Crippen LogP contribution >= 0.6 is 0 Å². The number of aryl methyl sites for hydroxylation is 1. The molecule has 0 N–H and O–H groups in total. The monoisotopic (exact) mass is 368 g/mol. The molecule has 0 bridgehead atoms. The predicted molar refractivity (Wildman–Crippen MR) is 101 cm³/mol. The number of methoxy groups -OCH3 is 1. The SMILES string of the molecule is COc1nc2ccccc2nc1CCC(=O)N(C)Cc1nncn1C(C)C. The van der Waals surface area contributed by atoms with Gasteiger partial charge in [-0.15, -0.1) is 10.2 Å². The maximum Gasteiger partial charge on any atom is 0.235 e. The van der Waals surface area contributed by atoms with Crippen LogP contribution in [0.3, 0.4) is 0 Å². The molecule has 1 aromatic carbocycles. The van der Waals surface area contributed by atoms with Gasteiger partial charge in [0, 0.05) is 25.9 Å². The number of benzene rings is 1. The molecule has 0 aliphatic rings. The summed E-state index contributed by atoms with van der Waals surface area (Å²) in [5.41, 5.74) is 2.25. The fourth-order valence-electron chi connectivity index (χ4n) is 2.87. The van der Waals surface area contributed by atoms with Crippen LogP contribution in [0.2, 0.25) is 0 Å². The van der Waals surface area contributed by atoms with E-state index in [0.29, 0.717) is 31.0 Å². The molecule has 8 heteroatoms. The Bertz CT molecular complexity index is 937. The van der Waals surface area contributed by atoms with Gasteiger partial charge in [-0.1, -0.05) is 12.1 Å². The van der Waals surface area contributed by atoms with Gasteiger partial charge < -0.3 is 14.2 Å². The zero-order valence-corrected chi connectivity index (χ0v) is 16.1. The molecule has 3 aromatic rings. The van der Waals surface area contributed by atoms with E-state index in [0.717, 1.165) is 16.9 Å². The Morgan fingerprint density at radius 2 is 1.93 bits per heavy atom. The summed E-state index contributed by atoms with van der Waals surface area (Å²) in [7, 11) is 3.33. The highest BCUT2D eigenvalue weighted by Gasteiger charge is 2.16. The fourth-order valence-corrected chi connectivity index (χ4v) is 2.87. The minimum atomic E-state index is 0.00492. The van der Waals surface area contributed by atoms with Gasteiger partial charge in [-0.2, -0.15) is 0 Å². The van der Waals surface area contributed by atoms with Gasteiger partial charge in [0.1, 0.15) is 12.0 Å². The molecule has 0 radical (unpaired) electrons. The fraction of sp³-hybridized carbons (Fsp3) is 0.421. The van der Waals surface area contributed by atoms with Gasteiger partial charge in [-0.25, -0.2) is 9.97 Å². The summed E-state index contributed by atoms with van der Waals surface area (Å²) in [6.45, 7) is 4.52. The molecule has 2 heterocycles. The summed E-state index contributed by atoms with van der Waals surface area (Å²) in [6, 6.07) is 7.86. The molecule has 0 fully saturated rings. The zero-order chi connectivity index (χ0) is 19.4. The second-order valence-electron chi connectivity index (χ2n) is 6.67. The highest BCUT2D eigenvalue weighted by Crippen LogP contribution is 2.20. The summed E-state index contributed by atoms with van der Waals surface area (Å²) in [6.07, 6.45) is 2.46. The van der Waals surface area contributed by atoms with Crippen molar-refractivity contribution in [2.24, 2.45) is 0 Å². The van der Waals surface area contributed by atoms with Crippen LogP contribution in [0.25, 0.3) is 11.0 Å². The van der Waals surface area contributed by atoms with Gasteiger partial charge in [0.05, 0.1) is 24.7 Å². The molecule has 3 rings (SSSR count). The van der Waals surface area contributed by atoms with E-state index in [1.54, 1.807) is 25.4 Å². The van der Waals surface area contributed by atoms with E-state index < -0.39 is 0 Å². The van der Waals surface area contributed by atoms with E-state index in [1.807, 2.05) is 28.8 Å². The van der Waals surface area contributed by atoms with Gasteiger partial charge in [0.25, 0.3) is 0 Å². The number of para-hydroxylation sites is 2. The lowest BCUT2D eigenvalue weighted by molar-refractivity contribution is -0.130. The number of fused-ring (bicyclic) bond motifs is 1. The van der Waals surface area contributed by atoms with Gasteiger partial charge in [0.15, 0.2) is 5.82 Å². The van der Waals surface area contributed by atoms with Crippen LogP contribution in [-0.2, 0) is 17.8 Å². The molecule has 0 aliphatic heterocycles. The van der Waals surface area contributed by atoms with Crippen LogP contribution in [-0.4, -0.2) is 49.7 Å². The third-order valence-electron chi connectivity index (χ3n) is 4.38. The average Bonchev–Trinajstić information content (AvgIpc) is 3.13. The third-order valence-corrected chi connectivity index (χ3v) is 4.38. The number of rotatable bonds is 7. The van der Waals surface area contributed by atoms with Crippen molar-refractivity contribution in [1.82, 2.24) is 29.6 Å². The van der Waals surface area contributed by atoms with E-state index in [2.05, 4.69) is 34.0 Å². The van der Waals surface area contributed by atoms with Gasteiger partial charge in [-0.05, 0) is 26.0 Å². The summed E-state index contributed by atoms with van der Waals surface area (Å²) in [5, 5.41) is 8.06. The van der Waals surface area contributed by atoms with Crippen molar-refractivity contribution in [3.63, 3.8) is 0 Å². The van der Waals surface area contributed by atoms with E-state index in [4.69, 9.17) is 4.74 Å². The summed E-state index contributed by atoms with van der Waals surface area (Å²) in [4.78, 5) is 23.3. The van der Waals surface area contributed by atoms with Gasteiger partial charge in [-0.3, -0.25) is 4.79 Å². The lowest BCUT2D eigenvalue weighted by atomic mass is 10.2. The number of aromatic nitrogens is 5. The Morgan fingerprint density at radius 1 is 1.22 bits per heavy atom. The molecule has 0 aliphatic carbocycles. The van der Waals surface area contributed by atoms with Gasteiger partial charge >= 0.3 is 0 Å². The highest BCUT2D eigenvalue weighted by molar-refractivity contribution is 5.77. The van der Waals surface area contributed by atoms with Crippen LogP contribution in [0.4, 0.5) is 0 Å². The van der Waals surface area contributed by atoms with Crippen molar-refractivity contribution in [2.75, 3.05) is 14.2 Å². The molecular weight excluding hydrogens is 344 g/mol. The molecule has 0 saturated heterocycles. The molecule has 1 amide bonds. The normalized spacial score (nSPS) is 11.1. The summed E-state index contributed by atoms with van der Waals surface area (Å²) >= 11 is 0. The molecule has 142 valence electrons. The summed E-state index contributed by atoms with van der Waals surface area (Å²) < 4.78 is 7.31. The maximum absolute atomic E-state index is 12.6. The van der Waals surface area contributed by atoms with Crippen molar-refractivity contribution >= 4 is 16.9 Å². The molecule has 8 nitrogen and oxygen atoms in total. The molecule has 0 saturated carbocycles. The quantitative estimate of drug-likeness (QED) is 0.636. The predicted octanol–water partition coefficient (Wildman–Crippen LogP) is 2.40. The van der Waals surface area contributed by atoms with E-state index in [1.165, 1.54) is 0 Å². The zero-order valence-electron chi connectivity index (χ0n) is 16.1. The lowest BCUT2D eigenvalue weighted by Crippen LogP contribution is -2.28. The maximum atomic E-state index is 12.6. The number of ether oxygens (including phenoxy) is 1. The number of hydrogen-bond donors (Lipinski definition) is 0. The first-order valence-corrected chi connectivity index (χ1v) is 8.91. The Morgan fingerprint density at radius 3 is 2.59 bits per heavy atom. The minimum Gasteiger partial charge on any atom is -0.480 e. The third kappa shape index (κ3) is 4.21. The van der Waals surface area contributed by atoms with Crippen LogP contribution in [0.5, 0.6) is 5.88 Å². The number of carbonyl (C=O) groups excluding carboxylic acids is 1. The van der Waals surface area contributed by atoms with Crippen LogP contribution in [0.15, 0.2) is 30.6 Å². The number of hydrogen-bond acceptors (Lipinski definition) is 6. The Labute approximate surface area is 158 Å². The first-order chi connectivity index (χ1) is 13.0. The smallest absolute Gasteiger partial charge is 0.235 e. The Balaban J connectivity index is 1.68. The Hall–Kier alpha value is -3.03. The van der Waals surface area contributed by atoms with Crippen molar-refractivity contribution in [3.05, 3.63) is 42.1 Å². The second kappa shape index (κ2) is 8.11. The minimum absolute atomic E-state index is 0.00492. The van der Waals surface area contributed by atoms with E-state index in [9.17, 15) is 4.79 Å². The molecular formula is C19H24N6O2. The van der Waals surface area contributed by atoms with Crippen molar-refractivity contribution in [3.8, 4) is 5.88 Å². The molecule has 0 unspecified atom stereocenters. The van der Waals surface area contributed by atoms with Crippen LogP contribution in [0.1, 0.15) is 37.8 Å². The molecule has 0 atom stereocenters. The Kier molecular flexibility index (Phi) is 5.63. The van der Waals surface area contributed by atoms with Crippen molar-refractivity contribution in [1.29, 1.82) is 0 Å². The summed E-state index contributed by atoms with van der Waals surface area (Å²) in [5.74, 6) is 1.23. The first kappa shape index (κ1) is 18.8.